The molecule has 1 aromatic heterocycles. The SMILES string of the molecule is CC1SCCCC1Nc1cccc2cnccc12. The molecule has 0 spiro atoms. The van der Waals surface area contributed by atoms with Crippen LogP contribution >= 0.6 is 11.8 Å². The number of hydrogen-bond donors (Lipinski definition) is 1. The molecule has 3 heteroatoms. The molecule has 1 aliphatic rings. The Labute approximate surface area is 112 Å². The minimum absolute atomic E-state index is 0.586. The fourth-order valence-corrected chi connectivity index (χ4v) is 3.70. The first-order chi connectivity index (χ1) is 8.84. The Kier molecular flexibility index (Phi) is 3.41. The molecule has 0 saturated carbocycles. The van der Waals surface area contributed by atoms with Gasteiger partial charge in [-0.15, -0.1) is 0 Å². The monoisotopic (exact) mass is 258 g/mol. The Hall–Kier alpha value is -1.22. The van der Waals surface area contributed by atoms with Crippen LogP contribution in [0, 0.1) is 0 Å². The lowest BCUT2D eigenvalue weighted by molar-refractivity contribution is 0.618. The zero-order chi connectivity index (χ0) is 12.4. The van der Waals surface area contributed by atoms with Crippen LogP contribution in [0.25, 0.3) is 10.8 Å². The Bertz CT molecular complexity index is 536. The highest BCUT2D eigenvalue weighted by atomic mass is 32.2. The molecule has 94 valence electrons. The summed E-state index contributed by atoms with van der Waals surface area (Å²) < 4.78 is 0. The molecule has 2 heterocycles. The summed E-state index contributed by atoms with van der Waals surface area (Å²) in [6.07, 6.45) is 6.39. The van der Waals surface area contributed by atoms with Crippen molar-refractivity contribution in [1.29, 1.82) is 0 Å². The van der Waals surface area contributed by atoms with Crippen LogP contribution < -0.4 is 5.32 Å². The summed E-state index contributed by atoms with van der Waals surface area (Å²) >= 11 is 2.08. The standard InChI is InChI=1S/C15H18N2S/c1-11-14(6-3-9-18-11)17-15-5-2-4-12-10-16-8-7-13(12)15/h2,4-5,7-8,10-11,14,17H,3,6,9H2,1H3. The summed E-state index contributed by atoms with van der Waals surface area (Å²) in [7, 11) is 0. The molecule has 2 atom stereocenters. The van der Waals surface area contributed by atoms with E-state index in [1.165, 1.54) is 35.1 Å². The second-order valence-corrected chi connectivity index (χ2v) is 6.36. The fourth-order valence-electron chi connectivity index (χ4n) is 2.56. The summed E-state index contributed by atoms with van der Waals surface area (Å²) in [5.74, 6) is 1.30. The average Bonchev–Trinajstić information content (AvgIpc) is 2.42. The van der Waals surface area contributed by atoms with Crippen molar-refractivity contribution in [1.82, 2.24) is 4.98 Å². The predicted octanol–water partition coefficient (Wildman–Crippen LogP) is 3.93. The number of thioether (sulfide) groups is 1. The molecular formula is C15H18N2S. The number of aromatic nitrogens is 1. The van der Waals surface area contributed by atoms with Crippen molar-refractivity contribution >= 4 is 28.2 Å². The number of pyridine rings is 1. The molecular weight excluding hydrogens is 240 g/mol. The zero-order valence-electron chi connectivity index (χ0n) is 10.6. The van der Waals surface area contributed by atoms with Crippen LogP contribution in [0.4, 0.5) is 5.69 Å². The van der Waals surface area contributed by atoms with Gasteiger partial charge >= 0.3 is 0 Å². The van der Waals surface area contributed by atoms with E-state index in [0.717, 1.165) is 0 Å². The molecule has 1 saturated heterocycles. The lowest BCUT2D eigenvalue weighted by atomic mass is 10.1. The highest BCUT2D eigenvalue weighted by Gasteiger charge is 2.21. The minimum Gasteiger partial charge on any atom is -0.381 e. The summed E-state index contributed by atoms with van der Waals surface area (Å²) in [6.45, 7) is 2.33. The van der Waals surface area contributed by atoms with Crippen molar-refractivity contribution in [2.45, 2.75) is 31.1 Å². The van der Waals surface area contributed by atoms with Gasteiger partial charge < -0.3 is 5.32 Å². The second-order valence-electron chi connectivity index (χ2n) is 4.87. The van der Waals surface area contributed by atoms with Crippen molar-refractivity contribution < 1.29 is 0 Å². The van der Waals surface area contributed by atoms with Gasteiger partial charge in [0.05, 0.1) is 0 Å². The van der Waals surface area contributed by atoms with Gasteiger partial charge in [-0.05, 0) is 30.7 Å². The van der Waals surface area contributed by atoms with E-state index in [4.69, 9.17) is 0 Å². The Morgan fingerprint density at radius 1 is 1.33 bits per heavy atom. The normalized spacial score (nSPS) is 24.1. The first-order valence-electron chi connectivity index (χ1n) is 6.55. The van der Waals surface area contributed by atoms with Gasteiger partial charge in [0.1, 0.15) is 0 Å². The number of nitrogens with zero attached hydrogens (tertiary/aromatic N) is 1. The molecule has 2 nitrogen and oxygen atoms in total. The number of anilines is 1. The highest BCUT2D eigenvalue weighted by molar-refractivity contribution is 8.00. The van der Waals surface area contributed by atoms with Crippen LogP contribution in [0.2, 0.25) is 0 Å². The smallest absolute Gasteiger partial charge is 0.0423 e. The Morgan fingerprint density at radius 3 is 3.17 bits per heavy atom. The van der Waals surface area contributed by atoms with Gasteiger partial charge in [-0.1, -0.05) is 19.1 Å². The highest BCUT2D eigenvalue weighted by Crippen LogP contribution is 2.30. The van der Waals surface area contributed by atoms with Crippen molar-refractivity contribution in [3.05, 3.63) is 36.7 Å². The second kappa shape index (κ2) is 5.19. The van der Waals surface area contributed by atoms with E-state index in [1.54, 1.807) is 0 Å². The Balaban J connectivity index is 1.90. The quantitative estimate of drug-likeness (QED) is 0.883. The first kappa shape index (κ1) is 11.8. The van der Waals surface area contributed by atoms with Gasteiger partial charge in [-0.25, -0.2) is 0 Å². The van der Waals surface area contributed by atoms with E-state index < -0.39 is 0 Å². The molecule has 2 unspecified atom stereocenters. The molecule has 0 amide bonds. The topological polar surface area (TPSA) is 24.9 Å². The minimum atomic E-state index is 0.586. The molecule has 3 rings (SSSR count). The van der Waals surface area contributed by atoms with Crippen LogP contribution in [-0.2, 0) is 0 Å². The zero-order valence-corrected chi connectivity index (χ0v) is 11.4. The van der Waals surface area contributed by atoms with Crippen molar-refractivity contribution in [3.63, 3.8) is 0 Å². The number of hydrogen-bond acceptors (Lipinski definition) is 3. The van der Waals surface area contributed by atoms with E-state index in [-0.39, 0.29) is 0 Å². The maximum absolute atomic E-state index is 4.18. The van der Waals surface area contributed by atoms with Gasteiger partial charge in [0, 0.05) is 40.1 Å². The largest absolute Gasteiger partial charge is 0.381 e. The number of benzene rings is 1. The van der Waals surface area contributed by atoms with Gasteiger partial charge in [0.25, 0.3) is 0 Å². The van der Waals surface area contributed by atoms with E-state index in [9.17, 15) is 0 Å². The molecule has 0 bridgehead atoms. The number of nitrogens with one attached hydrogen (secondary N) is 1. The average molecular weight is 258 g/mol. The van der Waals surface area contributed by atoms with Crippen LogP contribution in [0.15, 0.2) is 36.7 Å². The van der Waals surface area contributed by atoms with E-state index in [1.807, 2.05) is 12.4 Å². The predicted molar refractivity (Wildman–Crippen MR) is 80.3 cm³/mol. The van der Waals surface area contributed by atoms with E-state index in [2.05, 4.69) is 53.3 Å². The van der Waals surface area contributed by atoms with Crippen LogP contribution in [0.5, 0.6) is 0 Å². The molecule has 1 aromatic carbocycles. The van der Waals surface area contributed by atoms with Gasteiger partial charge in [-0.2, -0.15) is 11.8 Å². The molecule has 0 radical (unpaired) electrons. The third kappa shape index (κ3) is 2.32. The molecule has 18 heavy (non-hydrogen) atoms. The van der Waals surface area contributed by atoms with Crippen LogP contribution in [0.1, 0.15) is 19.8 Å². The molecule has 2 aromatic rings. The number of rotatable bonds is 2. The third-order valence-corrected chi connectivity index (χ3v) is 5.01. The summed E-state index contributed by atoms with van der Waals surface area (Å²) in [6, 6.07) is 9.08. The van der Waals surface area contributed by atoms with Crippen molar-refractivity contribution in [2.75, 3.05) is 11.1 Å². The maximum atomic E-state index is 4.18. The lowest BCUT2D eigenvalue weighted by Gasteiger charge is -2.30. The van der Waals surface area contributed by atoms with Crippen molar-refractivity contribution in [3.8, 4) is 0 Å². The van der Waals surface area contributed by atoms with Crippen LogP contribution in [-0.4, -0.2) is 22.0 Å². The summed E-state index contributed by atoms with van der Waals surface area (Å²) in [4.78, 5) is 4.18. The van der Waals surface area contributed by atoms with E-state index >= 15 is 0 Å². The number of fused-ring (bicyclic) bond motifs is 1. The molecule has 0 aliphatic carbocycles. The summed E-state index contributed by atoms with van der Waals surface area (Å²) in [5, 5.41) is 6.90. The molecule has 1 aliphatic heterocycles. The summed E-state index contributed by atoms with van der Waals surface area (Å²) in [5.41, 5.74) is 1.24. The van der Waals surface area contributed by atoms with Crippen LogP contribution in [0.3, 0.4) is 0 Å². The van der Waals surface area contributed by atoms with E-state index in [0.29, 0.717) is 11.3 Å². The Morgan fingerprint density at radius 2 is 2.28 bits per heavy atom. The van der Waals surface area contributed by atoms with Gasteiger partial charge in [0.15, 0.2) is 0 Å². The third-order valence-electron chi connectivity index (χ3n) is 3.63. The maximum Gasteiger partial charge on any atom is 0.0423 e. The molecule has 1 N–H and O–H groups in total. The van der Waals surface area contributed by atoms with Gasteiger partial charge in [-0.3, -0.25) is 4.98 Å². The fraction of sp³-hybridized carbons (Fsp3) is 0.400. The first-order valence-corrected chi connectivity index (χ1v) is 7.60. The van der Waals surface area contributed by atoms with Gasteiger partial charge in [0.2, 0.25) is 0 Å². The molecule has 1 fully saturated rings. The lowest BCUT2D eigenvalue weighted by Crippen LogP contribution is -2.32. The van der Waals surface area contributed by atoms with Crippen molar-refractivity contribution in [2.24, 2.45) is 0 Å².